The second-order valence-electron chi connectivity index (χ2n) is 7.25. The first-order chi connectivity index (χ1) is 12.7. The molecular weight excluding hydrogens is 330 g/mol. The van der Waals surface area contributed by atoms with Crippen LogP contribution in [-0.4, -0.2) is 37.1 Å². The fraction of sp³-hybridized carbons (Fsp3) is 0.571. The minimum Gasteiger partial charge on any atom is -0.469 e. The van der Waals surface area contributed by atoms with Crippen LogP contribution in [0.3, 0.4) is 0 Å². The maximum Gasteiger partial charge on any atom is 0.308 e. The lowest BCUT2D eigenvalue weighted by Gasteiger charge is -2.39. The van der Waals surface area contributed by atoms with Crippen molar-refractivity contribution in [2.45, 2.75) is 57.0 Å². The first kappa shape index (κ1) is 18.8. The van der Waals surface area contributed by atoms with Gasteiger partial charge in [0, 0.05) is 6.04 Å². The summed E-state index contributed by atoms with van der Waals surface area (Å²) in [6.07, 6.45) is 18.3. The van der Waals surface area contributed by atoms with Crippen molar-refractivity contribution in [1.82, 2.24) is 4.90 Å². The highest BCUT2D eigenvalue weighted by Gasteiger charge is 2.33. The molecule has 3 aliphatic rings. The molecule has 1 heterocycles. The molecule has 1 unspecified atom stereocenters. The molecule has 0 aromatic heterocycles. The summed E-state index contributed by atoms with van der Waals surface area (Å²) in [7, 11) is 3.64. The van der Waals surface area contributed by atoms with Crippen molar-refractivity contribution in [1.29, 1.82) is 0 Å². The normalized spacial score (nSPS) is 26.4. The van der Waals surface area contributed by atoms with Gasteiger partial charge in [-0.1, -0.05) is 23.8 Å². The second kappa shape index (κ2) is 9.08. The molecular formula is C21H29NO4. The lowest BCUT2D eigenvalue weighted by Crippen LogP contribution is -2.44. The Balaban J connectivity index is 1.67. The van der Waals surface area contributed by atoms with Crippen LogP contribution in [0.2, 0.25) is 0 Å². The number of allylic oxidation sites excluding steroid dienone is 3. The van der Waals surface area contributed by atoms with Gasteiger partial charge in [-0.2, -0.15) is 0 Å². The Morgan fingerprint density at radius 1 is 1.31 bits per heavy atom. The third-order valence-corrected chi connectivity index (χ3v) is 5.71. The summed E-state index contributed by atoms with van der Waals surface area (Å²) in [6, 6.07) is 0.563. The zero-order chi connectivity index (χ0) is 18.4. The van der Waals surface area contributed by atoms with Gasteiger partial charge in [-0.3, -0.25) is 9.69 Å². The van der Waals surface area contributed by atoms with E-state index in [2.05, 4.69) is 30.2 Å². The van der Waals surface area contributed by atoms with Gasteiger partial charge < -0.3 is 14.2 Å². The Morgan fingerprint density at radius 2 is 2.12 bits per heavy atom. The first-order valence-corrected chi connectivity index (χ1v) is 9.50. The Bertz CT molecular complexity index is 612. The minimum absolute atomic E-state index is 0.0469. The highest BCUT2D eigenvalue weighted by Crippen LogP contribution is 2.33. The van der Waals surface area contributed by atoms with Crippen LogP contribution in [0.25, 0.3) is 0 Å². The van der Waals surface area contributed by atoms with Crippen molar-refractivity contribution in [3.8, 4) is 0 Å². The molecule has 1 aliphatic heterocycles. The largest absolute Gasteiger partial charge is 0.469 e. The summed E-state index contributed by atoms with van der Waals surface area (Å²) in [5.74, 6) is 0.824. The molecule has 0 N–H and O–H groups in total. The van der Waals surface area contributed by atoms with Crippen molar-refractivity contribution in [2.75, 3.05) is 14.2 Å². The molecule has 0 aromatic carbocycles. The van der Waals surface area contributed by atoms with Crippen molar-refractivity contribution in [2.24, 2.45) is 5.92 Å². The van der Waals surface area contributed by atoms with E-state index in [-0.39, 0.29) is 17.9 Å². The van der Waals surface area contributed by atoms with E-state index < -0.39 is 0 Å². The molecule has 0 amide bonds. The molecule has 5 heteroatoms. The molecule has 3 rings (SSSR count). The van der Waals surface area contributed by atoms with Gasteiger partial charge in [0.1, 0.15) is 18.8 Å². The van der Waals surface area contributed by atoms with Gasteiger partial charge in [0.05, 0.1) is 19.1 Å². The average molecular weight is 359 g/mol. The molecule has 1 saturated carbocycles. The summed E-state index contributed by atoms with van der Waals surface area (Å²) in [5, 5.41) is 0. The van der Waals surface area contributed by atoms with E-state index in [1.165, 1.54) is 12.7 Å². The number of esters is 1. The molecule has 1 fully saturated rings. The lowest BCUT2D eigenvalue weighted by atomic mass is 9.84. The predicted octanol–water partition coefficient (Wildman–Crippen LogP) is 4.04. The highest BCUT2D eigenvalue weighted by molar-refractivity contribution is 5.72. The Labute approximate surface area is 156 Å². The molecule has 0 radical (unpaired) electrons. The SMILES string of the molecule is COC(=O)C1CCC(N(C)C(CC2=CC=CCC2)C2=COC=CO2)CC1. The maximum absolute atomic E-state index is 11.8. The number of methoxy groups -OCH3 is 1. The fourth-order valence-corrected chi connectivity index (χ4v) is 4.09. The van der Waals surface area contributed by atoms with Crippen molar-refractivity contribution in [3.05, 3.63) is 48.3 Å². The zero-order valence-corrected chi connectivity index (χ0v) is 15.7. The van der Waals surface area contributed by atoms with Crippen LogP contribution in [0.15, 0.2) is 48.3 Å². The number of carbonyl (C=O) groups is 1. The first-order valence-electron chi connectivity index (χ1n) is 9.50. The Morgan fingerprint density at radius 3 is 2.73 bits per heavy atom. The molecule has 142 valence electrons. The molecule has 5 nitrogen and oxygen atoms in total. The summed E-state index contributed by atoms with van der Waals surface area (Å²) < 4.78 is 16.0. The number of carbonyl (C=O) groups excluding carboxylic acids is 1. The number of rotatable bonds is 6. The van der Waals surface area contributed by atoms with Crippen molar-refractivity contribution in [3.63, 3.8) is 0 Å². The van der Waals surface area contributed by atoms with Gasteiger partial charge in [-0.15, -0.1) is 0 Å². The lowest BCUT2D eigenvalue weighted by molar-refractivity contribution is -0.146. The third kappa shape index (κ3) is 4.58. The molecule has 0 spiro atoms. The predicted molar refractivity (Wildman–Crippen MR) is 99.8 cm³/mol. The van der Waals surface area contributed by atoms with Crippen LogP contribution >= 0.6 is 0 Å². The zero-order valence-electron chi connectivity index (χ0n) is 15.7. The maximum atomic E-state index is 11.8. The summed E-state index contributed by atoms with van der Waals surface area (Å²) in [6.45, 7) is 0. The van der Waals surface area contributed by atoms with Gasteiger partial charge in [0.15, 0.2) is 5.76 Å². The van der Waals surface area contributed by atoms with Gasteiger partial charge in [-0.25, -0.2) is 0 Å². The smallest absolute Gasteiger partial charge is 0.308 e. The van der Waals surface area contributed by atoms with Crippen LogP contribution in [0.1, 0.15) is 44.9 Å². The number of hydrogen-bond donors (Lipinski definition) is 0. The number of hydrogen-bond acceptors (Lipinski definition) is 5. The monoisotopic (exact) mass is 359 g/mol. The molecule has 0 aromatic rings. The van der Waals surface area contributed by atoms with Gasteiger partial charge in [0.2, 0.25) is 0 Å². The molecule has 26 heavy (non-hydrogen) atoms. The Hall–Kier alpha value is -2.01. The van der Waals surface area contributed by atoms with E-state index in [1.807, 2.05) is 0 Å². The molecule has 1 atom stereocenters. The molecule has 0 bridgehead atoms. The van der Waals surface area contributed by atoms with Crippen LogP contribution in [-0.2, 0) is 19.0 Å². The number of likely N-dealkylation sites (N-methyl/N-ethyl adjacent to an activating group) is 1. The van der Waals surface area contributed by atoms with Crippen molar-refractivity contribution >= 4 is 5.97 Å². The summed E-state index contributed by atoms with van der Waals surface area (Å²) in [4.78, 5) is 14.2. The molecule has 0 saturated heterocycles. The average Bonchev–Trinajstić information content (AvgIpc) is 2.72. The van der Waals surface area contributed by atoms with Gasteiger partial charge in [0.25, 0.3) is 0 Å². The second-order valence-corrected chi connectivity index (χ2v) is 7.25. The van der Waals surface area contributed by atoms with Gasteiger partial charge >= 0.3 is 5.97 Å². The van der Waals surface area contributed by atoms with E-state index in [9.17, 15) is 4.79 Å². The number of ether oxygens (including phenoxy) is 3. The summed E-state index contributed by atoms with van der Waals surface area (Å²) in [5.41, 5.74) is 1.44. The minimum atomic E-state index is -0.0707. The quantitative estimate of drug-likeness (QED) is 0.670. The van der Waals surface area contributed by atoms with E-state index >= 15 is 0 Å². The van der Waals surface area contributed by atoms with Crippen LogP contribution in [0.5, 0.6) is 0 Å². The number of nitrogens with zero attached hydrogens (tertiary/aromatic N) is 1. The topological polar surface area (TPSA) is 48.0 Å². The van der Waals surface area contributed by atoms with Gasteiger partial charge in [-0.05, 0) is 52.0 Å². The summed E-state index contributed by atoms with van der Waals surface area (Å²) >= 11 is 0. The molecule has 2 aliphatic carbocycles. The highest BCUT2D eigenvalue weighted by atomic mass is 16.5. The van der Waals surface area contributed by atoms with E-state index in [1.54, 1.807) is 18.8 Å². The fourth-order valence-electron chi connectivity index (χ4n) is 4.09. The third-order valence-electron chi connectivity index (χ3n) is 5.71. The standard InChI is InChI=1S/C21H29NO4/c1-22(18-10-8-17(9-11-18)21(23)24-2)19(20-15-25-12-13-26-20)14-16-6-4-3-5-7-16/h3-4,6,12-13,15,17-19H,5,7-11,14H2,1-2H3. The van der Waals surface area contributed by atoms with Crippen LogP contribution in [0.4, 0.5) is 0 Å². The van der Waals surface area contributed by atoms with E-state index in [0.29, 0.717) is 6.04 Å². The van der Waals surface area contributed by atoms with Crippen LogP contribution < -0.4 is 0 Å². The van der Waals surface area contributed by atoms with E-state index in [0.717, 1.165) is 50.7 Å². The van der Waals surface area contributed by atoms with Crippen molar-refractivity contribution < 1.29 is 19.0 Å². The van der Waals surface area contributed by atoms with Crippen LogP contribution in [0, 0.1) is 5.92 Å². The Kier molecular flexibility index (Phi) is 6.56. The van der Waals surface area contributed by atoms with E-state index in [4.69, 9.17) is 14.2 Å².